The van der Waals surface area contributed by atoms with E-state index in [9.17, 15) is 5.11 Å². The van der Waals surface area contributed by atoms with Crippen LogP contribution in [0.25, 0.3) is 0 Å². The molecule has 3 heteroatoms. The fourth-order valence-electron chi connectivity index (χ4n) is 3.28. The van der Waals surface area contributed by atoms with Crippen LogP contribution < -0.4 is 10.5 Å². The molecule has 0 aromatic heterocycles. The summed E-state index contributed by atoms with van der Waals surface area (Å²) in [4.78, 5) is 0. The number of hydrogen-bond donors (Lipinski definition) is 2. The molecular weight excluding hydrogens is 250 g/mol. The maximum Gasteiger partial charge on any atom is 0.118 e. The minimum Gasteiger partial charge on any atom is -0.497 e. The second-order valence-electron chi connectivity index (χ2n) is 6.13. The Labute approximate surface area is 122 Å². The predicted molar refractivity (Wildman–Crippen MR) is 81.9 cm³/mol. The highest BCUT2D eigenvalue weighted by molar-refractivity contribution is 5.30. The summed E-state index contributed by atoms with van der Waals surface area (Å²) in [6, 6.07) is 7.91. The Kier molecular flexibility index (Phi) is 5.44. The number of hydrogen-bond acceptors (Lipinski definition) is 3. The predicted octanol–water partition coefficient (Wildman–Crippen LogP) is 2.92. The van der Waals surface area contributed by atoms with Crippen LogP contribution in [0, 0.1) is 11.8 Å². The number of ether oxygens (including phenoxy) is 1. The van der Waals surface area contributed by atoms with E-state index in [-0.39, 0.29) is 12.0 Å². The lowest BCUT2D eigenvalue weighted by Gasteiger charge is -2.34. The summed E-state index contributed by atoms with van der Waals surface area (Å²) in [5.74, 6) is 2.06. The molecule has 112 valence electrons. The highest BCUT2D eigenvalue weighted by Crippen LogP contribution is 2.35. The van der Waals surface area contributed by atoms with Crippen LogP contribution in [0.1, 0.15) is 44.1 Å². The molecule has 0 spiro atoms. The lowest BCUT2D eigenvalue weighted by molar-refractivity contribution is 0.0548. The van der Waals surface area contributed by atoms with Crippen molar-refractivity contribution in [2.45, 2.75) is 44.6 Å². The number of aliphatic hydroxyl groups excluding tert-OH is 1. The zero-order chi connectivity index (χ0) is 14.5. The Morgan fingerprint density at radius 3 is 2.30 bits per heavy atom. The largest absolute Gasteiger partial charge is 0.497 e. The number of aliphatic hydroxyl groups is 1. The summed E-state index contributed by atoms with van der Waals surface area (Å²) in [7, 11) is 1.66. The molecule has 0 aliphatic heterocycles. The van der Waals surface area contributed by atoms with Crippen molar-refractivity contribution >= 4 is 0 Å². The lowest BCUT2D eigenvalue weighted by Crippen LogP contribution is -2.34. The van der Waals surface area contributed by atoms with E-state index in [1.54, 1.807) is 7.11 Å². The van der Waals surface area contributed by atoms with Crippen LogP contribution in [0.15, 0.2) is 24.3 Å². The van der Waals surface area contributed by atoms with Crippen LogP contribution in [-0.4, -0.2) is 24.9 Å². The third-order valence-electron chi connectivity index (χ3n) is 4.75. The SMILES string of the molecule is COc1ccc(C(CN)C(O)C2CCC(C)CC2)cc1. The maximum absolute atomic E-state index is 10.7. The highest BCUT2D eigenvalue weighted by atomic mass is 16.5. The molecule has 1 aromatic rings. The lowest BCUT2D eigenvalue weighted by atomic mass is 9.75. The molecule has 3 N–H and O–H groups in total. The molecule has 20 heavy (non-hydrogen) atoms. The molecular formula is C17H27NO2. The van der Waals surface area contributed by atoms with Gasteiger partial charge in [-0.2, -0.15) is 0 Å². The summed E-state index contributed by atoms with van der Waals surface area (Å²) in [6.45, 7) is 2.78. The monoisotopic (exact) mass is 277 g/mol. The van der Waals surface area contributed by atoms with Crippen molar-refractivity contribution in [3.63, 3.8) is 0 Å². The number of benzene rings is 1. The van der Waals surface area contributed by atoms with Gasteiger partial charge in [-0.1, -0.05) is 31.9 Å². The van der Waals surface area contributed by atoms with Gasteiger partial charge in [-0.15, -0.1) is 0 Å². The van der Waals surface area contributed by atoms with E-state index >= 15 is 0 Å². The zero-order valence-electron chi connectivity index (χ0n) is 12.6. The van der Waals surface area contributed by atoms with Crippen LogP contribution in [0.5, 0.6) is 5.75 Å². The Hall–Kier alpha value is -1.06. The van der Waals surface area contributed by atoms with Crippen molar-refractivity contribution in [2.75, 3.05) is 13.7 Å². The third-order valence-corrected chi connectivity index (χ3v) is 4.75. The first-order valence-electron chi connectivity index (χ1n) is 7.67. The fraction of sp³-hybridized carbons (Fsp3) is 0.647. The number of nitrogens with two attached hydrogens (primary N) is 1. The smallest absolute Gasteiger partial charge is 0.118 e. The van der Waals surface area contributed by atoms with E-state index < -0.39 is 0 Å². The van der Waals surface area contributed by atoms with Crippen molar-refractivity contribution in [1.82, 2.24) is 0 Å². The molecule has 2 unspecified atom stereocenters. The van der Waals surface area contributed by atoms with Gasteiger partial charge < -0.3 is 15.6 Å². The first kappa shape index (κ1) is 15.3. The van der Waals surface area contributed by atoms with Gasteiger partial charge in [0.25, 0.3) is 0 Å². The Balaban J connectivity index is 2.06. The van der Waals surface area contributed by atoms with Gasteiger partial charge in [0.15, 0.2) is 0 Å². The van der Waals surface area contributed by atoms with E-state index in [1.807, 2.05) is 24.3 Å². The summed E-state index contributed by atoms with van der Waals surface area (Å²) >= 11 is 0. The van der Waals surface area contributed by atoms with Crippen LogP contribution in [0.3, 0.4) is 0 Å². The van der Waals surface area contributed by atoms with E-state index in [1.165, 1.54) is 12.8 Å². The highest BCUT2D eigenvalue weighted by Gasteiger charge is 2.30. The molecule has 1 saturated carbocycles. The second kappa shape index (κ2) is 7.09. The summed E-state index contributed by atoms with van der Waals surface area (Å²) in [6.07, 6.45) is 4.36. The van der Waals surface area contributed by atoms with Crippen LogP contribution >= 0.6 is 0 Å². The molecule has 3 nitrogen and oxygen atoms in total. The molecule has 0 bridgehead atoms. The van der Waals surface area contributed by atoms with E-state index in [2.05, 4.69) is 6.92 Å². The average Bonchev–Trinajstić information content (AvgIpc) is 2.49. The molecule has 1 aliphatic carbocycles. The summed E-state index contributed by atoms with van der Waals surface area (Å²) in [5.41, 5.74) is 7.03. The topological polar surface area (TPSA) is 55.5 Å². The number of rotatable bonds is 5. The molecule has 0 radical (unpaired) electrons. The van der Waals surface area contributed by atoms with Gasteiger partial charge >= 0.3 is 0 Å². The molecule has 2 atom stereocenters. The van der Waals surface area contributed by atoms with Gasteiger partial charge in [-0.3, -0.25) is 0 Å². The van der Waals surface area contributed by atoms with Crippen molar-refractivity contribution in [3.05, 3.63) is 29.8 Å². The standard InChI is InChI=1S/C17H27NO2/c1-12-3-5-14(6-4-12)17(19)16(11-18)13-7-9-15(20-2)10-8-13/h7-10,12,14,16-17,19H,3-6,11,18H2,1-2H3. The van der Waals surface area contributed by atoms with E-state index in [4.69, 9.17) is 10.5 Å². The van der Waals surface area contributed by atoms with Gasteiger partial charge in [-0.05, 0) is 42.4 Å². The van der Waals surface area contributed by atoms with E-state index in [0.29, 0.717) is 12.5 Å². The average molecular weight is 277 g/mol. The van der Waals surface area contributed by atoms with Crippen molar-refractivity contribution in [3.8, 4) is 5.75 Å². The minimum atomic E-state index is -0.333. The summed E-state index contributed by atoms with van der Waals surface area (Å²) < 4.78 is 5.18. The second-order valence-corrected chi connectivity index (χ2v) is 6.13. The fourth-order valence-corrected chi connectivity index (χ4v) is 3.28. The van der Waals surface area contributed by atoms with Gasteiger partial charge in [0.05, 0.1) is 13.2 Å². The molecule has 1 fully saturated rings. The third kappa shape index (κ3) is 3.53. The molecule has 0 saturated heterocycles. The molecule has 0 amide bonds. The van der Waals surface area contributed by atoms with Gasteiger partial charge in [0, 0.05) is 12.5 Å². The normalized spacial score (nSPS) is 26.0. The molecule has 1 aromatic carbocycles. The zero-order valence-corrected chi connectivity index (χ0v) is 12.6. The Morgan fingerprint density at radius 2 is 1.80 bits per heavy atom. The van der Waals surface area contributed by atoms with Crippen molar-refractivity contribution in [1.29, 1.82) is 0 Å². The number of methoxy groups -OCH3 is 1. The molecule has 1 aliphatic rings. The molecule has 2 rings (SSSR count). The minimum absolute atomic E-state index is 0.0271. The van der Waals surface area contributed by atoms with Crippen molar-refractivity contribution < 1.29 is 9.84 Å². The van der Waals surface area contributed by atoms with Gasteiger partial charge in [0.1, 0.15) is 5.75 Å². The Bertz CT molecular complexity index is 396. The quantitative estimate of drug-likeness (QED) is 0.870. The molecule has 0 heterocycles. The summed E-state index contributed by atoms with van der Waals surface area (Å²) in [5, 5.41) is 10.7. The van der Waals surface area contributed by atoms with Gasteiger partial charge in [-0.25, -0.2) is 0 Å². The van der Waals surface area contributed by atoms with Crippen molar-refractivity contribution in [2.24, 2.45) is 17.6 Å². The van der Waals surface area contributed by atoms with Gasteiger partial charge in [0.2, 0.25) is 0 Å². The maximum atomic E-state index is 10.7. The van der Waals surface area contributed by atoms with Crippen LogP contribution in [-0.2, 0) is 0 Å². The first-order valence-corrected chi connectivity index (χ1v) is 7.67. The van der Waals surface area contributed by atoms with E-state index in [0.717, 1.165) is 30.1 Å². The van der Waals surface area contributed by atoms with Crippen LogP contribution in [0.2, 0.25) is 0 Å². The Morgan fingerprint density at radius 1 is 1.20 bits per heavy atom. The van der Waals surface area contributed by atoms with Crippen LogP contribution in [0.4, 0.5) is 0 Å². The first-order chi connectivity index (χ1) is 9.65.